The van der Waals surface area contributed by atoms with Crippen LogP contribution in [0.2, 0.25) is 0 Å². The van der Waals surface area contributed by atoms with Crippen molar-refractivity contribution >= 4 is 5.91 Å². The van der Waals surface area contributed by atoms with Gasteiger partial charge in [0.25, 0.3) is 5.91 Å². The third-order valence-electron chi connectivity index (χ3n) is 3.58. The van der Waals surface area contributed by atoms with Crippen LogP contribution in [-0.4, -0.2) is 27.3 Å². The molecule has 3 rings (SSSR count). The first-order chi connectivity index (χ1) is 9.74. The predicted octanol–water partition coefficient (Wildman–Crippen LogP) is 1.31. The minimum Gasteiger partial charge on any atom is -0.393 e. The first kappa shape index (κ1) is 12.8. The monoisotopic (exact) mass is 273 g/mol. The quantitative estimate of drug-likeness (QED) is 0.877. The average Bonchev–Trinajstić information content (AvgIpc) is 2.97. The molecule has 0 radical (unpaired) electrons. The summed E-state index contributed by atoms with van der Waals surface area (Å²) in [4.78, 5) is 16.4. The lowest BCUT2D eigenvalue weighted by Crippen LogP contribution is -2.41. The van der Waals surface area contributed by atoms with Crippen molar-refractivity contribution in [1.82, 2.24) is 15.5 Å². The van der Waals surface area contributed by atoms with E-state index in [2.05, 4.69) is 20.0 Å². The second kappa shape index (κ2) is 5.42. The summed E-state index contributed by atoms with van der Waals surface area (Å²) < 4.78 is 4.67. The maximum Gasteiger partial charge on any atom is 0.274 e. The number of hydrogen-bond donors (Lipinski definition) is 2. The zero-order valence-corrected chi connectivity index (χ0v) is 10.8. The highest BCUT2D eigenvalue weighted by atomic mass is 16.5. The standard InChI is InChI=1S/C14H15N3O3/c18-10-7-9(8-10)13(11-3-1-2-5-15-11)16-14(19)12-4-6-20-17-12/h1-6,9-10,13,18H,7-8H2,(H,16,19). The molecule has 1 atom stereocenters. The number of carbonyl (C=O) groups is 1. The molecular weight excluding hydrogens is 258 g/mol. The number of hydrogen-bond acceptors (Lipinski definition) is 5. The van der Waals surface area contributed by atoms with E-state index in [9.17, 15) is 9.90 Å². The van der Waals surface area contributed by atoms with Crippen LogP contribution in [0.1, 0.15) is 35.1 Å². The highest BCUT2D eigenvalue weighted by Crippen LogP contribution is 2.37. The van der Waals surface area contributed by atoms with Gasteiger partial charge in [0.2, 0.25) is 0 Å². The van der Waals surface area contributed by atoms with Crippen LogP contribution in [-0.2, 0) is 0 Å². The molecule has 104 valence electrons. The number of nitrogens with zero attached hydrogens (tertiary/aromatic N) is 2. The minimum atomic E-state index is -0.296. The molecule has 0 saturated heterocycles. The fourth-order valence-electron chi connectivity index (χ4n) is 2.44. The smallest absolute Gasteiger partial charge is 0.274 e. The number of pyridine rings is 1. The first-order valence-corrected chi connectivity index (χ1v) is 6.54. The molecule has 6 heteroatoms. The molecule has 6 nitrogen and oxygen atoms in total. The number of aromatic nitrogens is 2. The third-order valence-corrected chi connectivity index (χ3v) is 3.58. The molecule has 1 fully saturated rings. The van der Waals surface area contributed by atoms with Crippen LogP contribution in [0, 0.1) is 5.92 Å². The molecule has 0 aromatic carbocycles. The molecule has 1 aliphatic rings. The highest BCUT2D eigenvalue weighted by Gasteiger charge is 2.36. The van der Waals surface area contributed by atoms with Gasteiger partial charge in [0, 0.05) is 12.3 Å². The van der Waals surface area contributed by atoms with E-state index >= 15 is 0 Å². The van der Waals surface area contributed by atoms with Crippen molar-refractivity contribution in [3.63, 3.8) is 0 Å². The van der Waals surface area contributed by atoms with Crippen LogP contribution < -0.4 is 5.32 Å². The zero-order chi connectivity index (χ0) is 13.9. The number of carbonyl (C=O) groups excluding carboxylic acids is 1. The lowest BCUT2D eigenvalue weighted by atomic mass is 9.76. The average molecular weight is 273 g/mol. The Kier molecular flexibility index (Phi) is 3.47. The fraction of sp³-hybridized carbons (Fsp3) is 0.357. The summed E-state index contributed by atoms with van der Waals surface area (Å²) in [7, 11) is 0. The minimum absolute atomic E-state index is 0.191. The molecule has 0 spiro atoms. The van der Waals surface area contributed by atoms with Crippen molar-refractivity contribution in [2.24, 2.45) is 5.92 Å². The van der Waals surface area contributed by atoms with Crippen molar-refractivity contribution in [2.75, 3.05) is 0 Å². The Labute approximate surface area is 115 Å². The van der Waals surface area contributed by atoms with Crippen molar-refractivity contribution in [1.29, 1.82) is 0 Å². The predicted molar refractivity (Wildman–Crippen MR) is 69.7 cm³/mol. The Morgan fingerprint density at radius 1 is 1.40 bits per heavy atom. The molecule has 2 heterocycles. The van der Waals surface area contributed by atoms with Gasteiger partial charge in [-0.1, -0.05) is 11.2 Å². The molecule has 1 amide bonds. The van der Waals surface area contributed by atoms with Crippen molar-refractivity contribution in [3.05, 3.63) is 48.1 Å². The van der Waals surface area contributed by atoms with E-state index in [-0.39, 0.29) is 29.7 Å². The van der Waals surface area contributed by atoms with Crippen LogP contribution >= 0.6 is 0 Å². The van der Waals surface area contributed by atoms with E-state index in [0.717, 1.165) is 5.69 Å². The van der Waals surface area contributed by atoms with E-state index in [0.29, 0.717) is 12.8 Å². The summed E-state index contributed by atoms with van der Waals surface area (Å²) in [5, 5.41) is 16.0. The summed E-state index contributed by atoms with van der Waals surface area (Å²) in [5.41, 5.74) is 1.03. The molecular formula is C14H15N3O3. The van der Waals surface area contributed by atoms with Gasteiger partial charge in [0.05, 0.1) is 17.8 Å². The molecule has 2 aromatic heterocycles. The Balaban J connectivity index is 1.78. The molecule has 1 aliphatic carbocycles. The van der Waals surface area contributed by atoms with Gasteiger partial charge >= 0.3 is 0 Å². The van der Waals surface area contributed by atoms with Gasteiger partial charge in [-0.2, -0.15) is 0 Å². The fourth-order valence-corrected chi connectivity index (χ4v) is 2.44. The van der Waals surface area contributed by atoms with Gasteiger partial charge in [-0.15, -0.1) is 0 Å². The van der Waals surface area contributed by atoms with Crippen LogP contribution in [0.5, 0.6) is 0 Å². The van der Waals surface area contributed by atoms with E-state index in [1.807, 2.05) is 18.2 Å². The van der Waals surface area contributed by atoms with E-state index in [4.69, 9.17) is 0 Å². The molecule has 0 bridgehead atoms. The second-order valence-electron chi connectivity index (χ2n) is 4.98. The summed E-state index contributed by atoms with van der Waals surface area (Å²) >= 11 is 0. The largest absolute Gasteiger partial charge is 0.393 e. The Morgan fingerprint density at radius 2 is 2.25 bits per heavy atom. The van der Waals surface area contributed by atoms with E-state index < -0.39 is 0 Å². The van der Waals surface area contributed by atoms with Crippen molar-refractivity contribution < 1.29 is 14.4 Å². The van der Waals surface area contributed by atoms with Crippen LogP contribution in [0.15, 0.2) is 41.2 Å². The van der Waals surface area contributed by atoms with Gasteiger partial charge in [-0.3, -0.25) is 9.78 Å². The Hall–Kier alpha value is -2.21. The number of amides is 1. The normalized spacial score (nSPS) is 22.9. The lowest BCUT2D eigenvalue weighted by Gasteiger charge is -2.37. The van der Waals surface area contributed by atoms with Gasteiger partial charge in [-0.05, 0) is 30.9 Å². The summed E-state index contributed by atoms with van der Waals surface area (Å²) in [6, 6.07) is 6.88. The van der Waals surface area contributed by atoms with Crippen LogP contribution in [0.4, 0.5) is 0 Å². The summed E-state index contributed by atoms with van der Waals surface area (Å²) in [6.45, 7) is 0. The molecule has 1 saturated carbocycles. The highest BCUT2D eigenvalue weighted by molar-refractivity contribution is 5.92. The second-order valence-corrected chi connectivity index (χ2v) is 4.98. The maximum absolute atomic E-state index is 12.1. The maximum atomic E-state index is 12.1. The molecule has 2 aromatic rings. The van der Waals surface area contributed by atoms with Crippen molar-refractivity contribution in [2.45, 2.75) is 25.0 Å². The van der Waals surface area contributed by atoms with Crippen LogP contribution in [0.25, 0.3) is 0 Å². The Bertz CT molecular complexity index is 565. The SMILES string of the molecule is O=C(NC(c1ccccn1)C1CC(O)C1)c1ccon1. The topological polar surface area (TPSA) is 88.2 Å². The zero-order valence-electron chi connectivity index (χ0n) is 10.8. The third kappa shape index (κ3) is 2.55. The van der Waals surface area contributed by atoms with E-state index in [1.54, 1.807) is 6.20 Å². The number of aliphatic hydroxyl groups excluding tert-OH is 1. The molecule has 0 aliphatic heterocycles. The molecule has 2 N–H and O–H groups in total. The van der Waals surface area contributed by atoms with Gasteiger partial charge in [0.15, 0.2) is 5.69 Å². The van der Waals surface area contributed by atoms with Gasteiger partial charge in [0.1, 0.15) is 6.26 Å². The lowest BCUT2D eigenvalue weighted by molar-refractivity contribution is 0.0227. The van der Waals surface area contributed by atoms with Crippen molar-refractivity contribution in [3.8, 4) is 0 Å². The number of nitrogens with one attached hydrogen (secondary N) is 1. The first-order valence-electron chi connectivity index (χ1n) is 6.54. The Morgan fingerprint density at radius 3 is 2.85 bits per heavy atom. The van der Waals surface area contributed by atoms with E-state index in [1.165, 1.54) is 12.3 Å². The summed E-state index contributed by atoms with van der Waals surface area (Å²) in [5.74, 6) is -0.105. The van der Waals surface area contributed by atoms with Gasteiger partial charge in [-0.25, -0.2) is 0 Å². The van der Waals surface area contributed by atoms with Crippen LogP contribution in [0.3, 0.4) is 0 Å². The molecule has 20 heavy (non-hydrogen) atoms. The number of aliphatic hydroxyl groups is 1. The summed E-state index contributed by atoms with van der Waals surface area (Å²) in [6.07, 6.45) is 4.10. The van der Waals surface area contributed by atoms with Gasteiger partial charge < -0.3 is 14.9 Å². The number of rotatable bonds is 4. The molecule has 1 unspecified atom stereocenters.